The van der Waals surface area contributed by atoms with Gasteiger partial charge >= 0.3 is 0 Å². The van der Waals surface area contributed by atoms with Crippen LogP contribution in [0.25, 0.3) is 0 Å². The first-order valence-electron chi connectivity index (χ1n) is 8.07. The van der Waals surface area contributed by atoms with Crippen LogP contribution in [0, 0.1) is 5.82 Å². The van der Waals surface area contributed by atoms with Crippen molar-refractivity contribution in [2.75, 3.05) is 40.5 Å². The molecule has 0 bridgehead atoms. The Kier molecular flexibility index (Phi) is 5.03. The van der Waals surface area contributed by atoms with Crippen LogP contribution in [0.3, 0.4) is 0 Å². The number of rotatable bonds is 4. The van der Waals surface area contributed by atoms with E-state index in [1.807, 2.05) is 0 Å². The average molecular weight is 338 g/mol. The summed E-state index contributed by atoms with van der Waals surface area (Å²) in [5.74, 6) is 0.256. The van der Waals surface area contributed by atoms with Crippen molar-refractivity contribution in [2.45, 2.75) is 24.7 Å². The maximum Gasteiger partial charge on any atom is 0.248 e. The summed E-state index contributed by atoms with van der Waals surface area (Å²) < 4.78 is 30.8. The number of nitrogens with zero attached hydrogens (tertiary/aromatic N) is 1. The van der Waals surface area contributed by atoms with Crippen LogP contribution in [0.15, 0.2) is 18.2 Å². The van der Waals surface area contributed by atoms with Gasteiger partial charge in [-0.05, 0) is 18.2 Å². The molecule has 2 aliphatic heterocycles. The van der Waals surface area contributed by atoms with E-state index in [4.69, 9.17) is 14.2 Å². The van der Waals surface area contributed by atoms with E-state index >= 15 is 0 Å². The molecule has 0 radical (unpaired) electrons. The summed E-state index contributed by atoms with van der Waals surface area (Å²) in [6.07, 6.45) is 0.0348. The van der Waals surface area contributed by atoms with Crippen molar-refractivity contribution in [1.82, 2.24) is 10.2 Å². The minimum Gasteiger partial charge on any atom is -0.497 e. The molecule has 2 aliphatic rings. The summed E-state index contributed by atoms with van der Waals surface area (Å²) in [7, 11) is 3.16. The molecule has 0 aliphatic carbocycles. The van der Waals surface area contributed by atoms with E-state index in [-0.39, 0.29) is 11.7 Å². The predicted octanol–water partition coefficient (Wildman–Crippen LogP) is 0.940. The van der Waals surface area contributed by atoms with E-state index in [0.29, 0.717) is 50.6 Å². The van der Waals surface area contributed by atoms with Crippen LogP contribution in [-0.4, -0.2) is 63.0 Å². The monoisotopic (exact) mass is 338 g/mol. The molecule has 1 N–H and O–H groups in total. The molecule has 132 valence electrons. The second-order valence-electron chi connectivity index (χ2n) is 6.32. The van der Waals surface area contributed by atoms with E-state index < -0.39 is 11.7 Å². The molecule has 2 atom stereocenters. The van der Waals surface area contributed by atoms with Gasteiger partial charge in [0.05, 0.1) is 20.3 Å². The van der Waals surface area contributed by atoms with Crippen LogP contribution in [-0.2, 0) is 20.8 Å². The second-order valence-corrected chi connectivity index (χ2v) is 6.32. The van der Waals surface area contributed by atoms with Gasteiger partial charge in [-0.2, -0.15) is 0 Å². The number of ether oxygens (including phenoxy) is 3. The largest absolute Gasteiger partial charge is 0.497 e. The fraction of sp³-hybridized carbons (Fsp3) is 0.588. The Bertz CT molecular complexity index is 612. The number of amides is 1. The zero-order valence-electron chi connectivity index (χ0n) is 14.0. The number of hydrogen-bond acceptors (Lipinski definition) is 5. The Morgan fingerprint density at radius 2 is 2.38 bits per heavy atom. The van der Waals surface area contributed by atoms with Gasteiger partial charge in [-0.25, -0.2) is 4.39 Å². The third-order valence-electron chi connectivity index (χ3n) is 4.62. The Balaban J connectivity index is 1.67. The zero-order valence-corrected chi connectivity index (χ0v) is 14.0. The van der Waals surface area contributed by atoms with Gasteiger partial charge in [0.1, 0.15) is 23.3 Å². The zero-order chi connectivity index (χ0) is 17.2. The molecule has 2 saturated heterocycles. The number of likely N-dealkylation sites (N-methyl/N-ethyl adjacent to an activating group) is 1. The Hall–Kier alpha value is -1.70. The fourth-order valence-corrected chi connectivity index (χ4v) is 3.35. The summed E-state index contributed by atoms with van der Waals surface area (Å²) >= 11 is 0. The Morgan fingerprint density at radius 3 is 3.12 bits per heavy atom. The van der Waals surface area contributed by atoms with Crippen LogP contribution in [0.4, 0.5) is 4.39 Å². The van der Waals surface area contributed by atoms with Crippen molar-refractivity contribution in [3.63, 3.8) is 0 Å². The molecule has 1 amide bonds. The van der Waals surface area contributed by atoms with E-state index in [9.17, 15) is 9.18 Å². The molecule has 6 nitrogen and oxygen atoms in total. The third-order valence-corrected chi connectivity index (χ3v) is 4.62. The first-order chi connectivity index (χ1) is 11.5. The molecule has 1 spiro atoms. The van der Waals surface area contributed by atoms with Crippen molar-refractivity contribution in [3.05, 3.63) is 29.6 Å². The normalized spacial score (nSPS) is 27.4. The number of carbonyl (C=O) groups excluding carboxylic acids is 1. The van der Waals surface area contributed by atoms with Gasteiger partial charge in [0.2, 0.25) is 5.91 Å². The van der Waals surface area contributed by atoms with Crippen molar-refractivity contribution in [1.29, 1.82) is 0 Å². The van der Waals surface area contributed by atoms with Gasteiger partial charge in [-0.1, -0.05) is 0 Å². The molecule has 7 heteroatoms. The summed E-state index contributed by atoms with van der Waals surface area (Å²) in [5, 5.41) is 2.60. The molecule has 2 heterocycles. The highest BCUT2D eigenvalue weighted by atomic mass is 19.1. The minimum absolute atomic E-state index is 0.133. The van der Waals surface area contributed by atoms with Gasteiger partial charge in [0, 0.05) is 38.7 Å². The lowest BCUT2D eigenvalue weighted by Crippen LogP contribution is -2.52. The van der Waals surface area contributed by atoms with Crippen molar-refractivity contribution in [3.8, 4) is 5.75 Å². The number of hydrogen-bond donors (Lipinski definition) is 1. The topological polar surface area (TPSA) is 60.0 Å². The molecule has 0 saturated carbocycles. The van der Waals surface area contributed by atoms with Crippen molar-refractivity contribution in [2.24, 2.45) is 0 Å². The van der Waals surface area contributed by atoms with Crippen LogP contribution in [0.1, 0.15) is 12.0 Å². The van der Waals surface area contributed by atoms with Gasteiger partial charge in [-0.15, -0.1) is 0 Å². The number of nitrogens with one attached hydrogen (secondary N) is 1. The van der Waals surface area contributed by atoms with Gasteiger partial charge in [-0.3, -0.25) is 9.69 Å². The minimum atomic E-state index is -0.495. The van der Waals surface area contributed by atoms with E-state index in [1.165, 1.54) is 6.07 Å². The Labute approximate surface area is 140 Å². The number of carbonyl (C=O) groups is 1. The number of methoxy groups -OCH3 is 1. The molecular formula is C17H23FN2O4. The predicted molar refractivity (Wildman–Crippen MR) is 85.3 cm³/mol. The third kappa shape index (κ3) is 3.53. The molecule has 2 unspecified atom stereocenters. The van der Waals surface area contributed by atoms with E-state index in [1.54, 1.807) is 26.3 Å². The highest BCUT2D eigenvalue weighted by Gasteiger charge is 2.46. The van der Waals surface area contributed by atoms with Crippen LogP contribution < -0.4 is 10.1 Å². The average Bonchev–Trinajstić information content (AvgIpc) is 2.99. The quantitative estimate of drug-likeness (QED) is 0.885. The molecule has 1 aromatic rings. The number of halogens is 1. The molecular weight excluding hydrogens is 315 g/mol. The maximum atomic E-state index is 14.1. The van der Waals surface area contributed by atoms with Crippen molar-refractivity contribution >= 4 is 5.91 Å². The van der Waals surface area contributed by atoms with Gasteiger partial charge in [0.25, 0.3) is 0 Å². The summed E-state index contributed by atoms with van der Waals surface area (Å²) in [6, 6.07) is 4.75. The molecule has 24 heavy (non-hydrogen) atoms. The number of benzene rings is 1. The molecule has 1 aromatic carbocycles. The van der Waals surface area contributed by atoms with Gasteiger partial charge in [0.15, 0.2) is 0 Å². The fourth-order valence-electron chi connectivity index (χ4n) is 3.35. The maximum absolute atomic E-state index is 14.1. The highest BCUT2D eigenvalue weighted by molar-refractivity contribution is 5.80. The summed E-state index contributed by atoms with van der Waals surface area (Å²) in [6.45, 7) is 2.70. The first kappa shape index (κ1) is 17.1. The highest BCUT2D eigenvalue weighted by Crippen LogP contribution is 2.32. The Morgan fingerprint density at radius 1 is 1.54 bits per heavy atom. The van der Waals surface area contributed by atoms with Gasteiger partial charge < -0.3 is 19.5 Å². The number of morpholine rings is 1. The van der Waals surface area contributed by atoms with Crippen LogP contribution >= 0.6 is 0 Å². The summed E-state index contributed by atoms with van der Waals surface area (Å²) in [5.41, 5.74) is 0.0956. The SMILES string of the molecule is CNC(=O)C1CC2(CO1)CN(Cc1cc(OC)ccc1F)CCO2. The van der Waals surface area contributed by atoms with Crippen LogP contribution in [0.5, 0.6) is 5.75 Å². The van der Waals surface area contributed by atoms with E-state index in [2.05, 4.69) is 10.2 Å². The lowest BCUT2D eigenvalue weighted by atomic mass is 9.97. The van der Waals surface area contributed by atoms with E-state index in [0.717, 1.165) is 0 Å². The lowest BCUT2D eigenvalue weighted by Gasteiger charge is -2.39. The van der Waals surface area contributed by atoms with Crippen LogP contribution in [0.2, 0.25) is 0 Å². The smallest absolute Gasteiger partial charge is 0.248 e. The lowest BCUT2D eigenvalue weighted by molar-refractivity contribution is -0.129. The first-order valence-corrected chi connectivity index (χ1v) is 8.07. The molecule has 2 fully saturated rings. The molecule has 0 aromatic heterocycles. The standard InChI is InChI=1S/C17H23FN2O4/c1-19-16(21)15-8-17(11-23-15)10-20(5-6-24-17)9-12-7-13(22-2)3-4-14(12)18/h3-4,7,15H,5-6,8-11H2,1-2H3,(H,19,21). The molecule has 3 rings (SSSR count). The second kappa shape index (κ2) is 7.04. The van der Waals surface area contributed by atoms with Crippen molar-refractivity contribution < 1.29 is 23.4 Å². The summed E-state index contributed by atoms with van der Waals surface area (Å²) in [4.78, 5) is 13.9.